The predicted octanol–water partition coefficient (Wildman–Crippen LogP) is 2.80. The minimum atomic E-state index is -0.449. The Kier molecular flexibility index (Phi) is 6.18. The van der Waals surface area contributed by atoms with Gasteiger partial charge in [0.2, 0.25) is 17.7 Å². The van der Waals surface area contributed by atoms with Crippen molar-refractivity contribution in [2.45, 2.75) is 19.9 Å². The Morgan fingerprint density at radius 1 is 1.36 bits per heavy atom. The summed E-state index contributed by atoms with van der Waals surface area (Å²) < 4.78 is 6.20. The van der Waals surface area contributed by atoms with E-state index in [1.165, 1.54) is 4.90 Å². The number of halogens is 1. The van der Waals surface area contributed by atoms with Gasteiger partial charge in [0.25, 0.3) is 0 Å². The monoisotopic (exact) mass is 447 g/mol. The van der Waals surface area contributed by atoms with Gasteiger partial charge in [0, 0.05) is 30.2 Å². The van der Waals surface area contributed by atoms with Gasteiger partial charge in [0.15, 0.2) is 0 Å². The molecule has 0 bridgehead atoms. The van der Waals surface area contributed by atoms with Gasteiger partial charge in [0.1, 0.15) is 5.76 Å². The van der Waals surface area contributed by atoms with Crippen molar-refractivity contribution in [3.05, 3.63) is 52.4 Å². The molecule has 1 saturated heterocycles. The second-order valence-corrected chi connectivity index (χ2v) is 7.87. The summed E-state index contributed by atoms with van der Waals surface area (Å²) >= 11 is 3.38. The molecule has 0 spiro atoms. The number of hydrogen-bond acceptors (Lipinski definition) is 4. The van der Waals surface area contributed by atoms with Gasteiger partial charge in [-0.25, -0.2) is 0 Å². The number of nitrogens with zero attached hydrogens (tertiary/aromatic N) is 2. The van der Waals surface area contributed by atoms with Gasteiger partial charge in [-0.3, -0.25) is 14.4 Å². The van der Waals surface area contributed by atoms with Gasteiger partial charge in [-0.05, 0) is 42.8 Å². The highest BCUT2D eigenvalue weighted by atomic mass is 79.9. The summed E-state index contributed by atoms with van der Waals surface area (Å²) in [7, 11) is 1.58. The number of likely N-dealkylation sites (tertiary alicyclic amines) is 1. The summed E-state index contributed by atoms with van der Waals surface area (Å²) in [6.07, 6.45) is 1.70. The molecule has 1 N–H and O–H groups in total. The van der Waals surface area contributed by atoms with E-state index in [4.69, 9.17) is 4.42 Å². The molecule has 0 aliphatic carbocycles. The van der Waals surface area contributed by atoms with Crippen molar-refractivity contribution in [3.8, 4) is 0 Å². The average Bonchev–Trinajstić information content (AvgIpc) is 3.27. The summed E-state index contributed by atoms with van der Waals surface area (Å²) in [6.45, 7) is 2.50. The van der Waals surface area contributed by atoms with Crippen LogP contribution in [0.2, 0.25) is 0 Å². The highest BCUT2D eigenvalue weighted by Crippen LogP contribution is 2.23. The smallest absolute Gasteiger partial charge is 0.243 e. The third-order valence-electron chi connectivity index (χ3n) is 4.71. The van der Waals surface area contributed by atoms with E-state index >= 15 is 0 Å². The van der Waals surface area contributed by atoms with Crippen molar-refractivity contribution in [1.29, 1.82) is 0 Å². The molecule has 1 fully saturated rings. The number of hydrogen-bond donors (Lipinski definition) is 1. The van der Waals surface area contributed by atoms with Gasteiger partial charge in [-0.2, -0.15) is 0 Å². The van der Waals surface area contributed by atoms with Crippen molar-refractivity contribution in [3.63, 3.8) is 0 Å². The lowest BCUT2D eigenvalue weighted by Crippen LogP contribution is -2.39. The van der Waals surface area contributed by atoms with Crippen LogP contribution in [0.3, 0.4) is 0 Å². The number of furan rings is 1. The fourth-order valence-electron chi connectivity index (χ4n) is 3.24. The molecule has 7 nitrogen and oxygen atoms in total. The standard InChI is InChI=1S/C20H22BrN3O4/c1-13-8-15(21)5-6-17(13)22-18(25)12-23(2)20(27)14-9-19(26)24(10-14)11-16-4-3-7-28-16/h3-8,14H,9-12H2,1-2H3,(H,22,25)/t14-/m0/s1. The molecule has 3 rings (SSSR count). The van der Waals surface area contributed by atoms with Crippen LogP contribution in [0.25, 0.3) is 0 Å². The van der Waals surface area contributed by atoms with E-state index in [-0.39, 0.29) is 30.7 Å². The molecule has 1 aliphatic heterocycles. The number of likely N-dealkylation sites (N-methyl/N-ethyl adjacent to an activating group) is 1. The summed E-state index contributed by atoms with van der Waals surface area (Å²) in [5.41, 5.74) is 1.63. The molecule has 0 saturated carbocycles. The van der Waals surface area contributed by atoms with Crippen LogP contribution < -0.4 is 5.32 Å². The number of carbonyl (C=O) groups excluding carboxylic acids is 3. The molecular formula is C20H22BrN3O4. The van der Waals surface area contributed by atoms with Crippen LogP contribution in [0.4, 0.5) is 5.69 Å². The molecule has 0 radical (unpaired) electrons. The van der Waals surface area contributed by atoms with Crippen LogP contribution in [-0.2, 0) is 20.9 Å². The van der Waals surface area contributed by atoms with Crippen molar-refractivity contribution >= 4 is 39.3 Å². The van der Waals surface area contributed by atoms with E-state index in [9.17, 15) is 14.4 Å². The van der Waals surface area contributed by atoms with Gasteiger partial charge >= 0.3 is 0 Å². The van der Waals surface area contributed by atoms with Crippen molar-refractivity contribution in [2.75, 3.05) is 25.5 Å². The maximum Gasteiger partial charge on any atom is 0.243 e. The molecule has 1 aromatic heterocycles. The highest BCUT2D eigenvalue weighted by molar-refractivity contribution is 9.10. The Bertz CT molecular complexity index is 882. The molecule has 2 aromatic rings. The van der Waals surface area contributed by atoms with Crippen LogP contribution in [0.1, 0.15) is 17.7 Å². The Morgan fingerprint density at radius 3 is 2.82 bits per heavy atom. The Morgan fingerprint density at radius 2 is 2.14 bits per heavy atom. The van der Waals surface area contributed by atoms with Crippen molar-refractivity contribution in [1.82, 2.24) is 9.80 Å². The van der Waals surface area contributed by atoms with Crippen molar-refractivity contribution < 1.29 is 18.8 Å². The molecule has 3 amide bonds. The fourth-order valence-corrected chi connectivity index (χ4v) is 3.72. The Balaban J connectivity index is 1.54. The lowest BCUT2D eigenvalue weighted by Gasteiger charge is -2.21. The van der Waals surface area contributed by atoms with Crippen LogP contribution in [0.5, 0.6) is 0 Å². The van der Waals surface area contributed by atoms with Crippen LogP contribution in [-0.4, -0.2) is 47.7 Å². The Hall–Kier alpha value is -2.61. The SMILES string of the molecule is Cc1cc(Br)ccc1NC(=O)CN(C)C(=O)[C@H]1CC(=O)N(Cc2ccco2)C1. The maximum absolute atomic E-state index is 12.7. The van der Waals surface area contributed by atoms with Gasteiger partial charge in [-0.15, -0.1) is 0 Å². The summed E-state index contributed by atoms with van der Waals surface area (Å²) in [5, 5.41) is 2.82. The van der Waals surface area contributed by atoms with Gasteiger partial charge < -0.3 is 19.5 Å². The molecule has 148 valence electrons. The van der Waals surface area contributed by atoms with E-state index < -0.39 is 5.92 Å². The summed E-state index contributed by atoms with van der Waals surface area (Å²) in [4.78, 5) is 40.2. The van der Waals surface area contributed by atoms with E-state index in [1.807, 2.05) is 19.1 Å². The first-order chi connectivity index (χ1) is 13.3. The lowest BCUT2D eigenvalue weighted by molar-refractivity contribution is -0.137. The second-order valence-electron chi connectivity index (χ2n) is 6.96. The predicted molar refractivity (Wildman–Crippen MR) is 107 cm³/mol. The molecule has 0 unspecified atom stereocenters. The molecule has 1 aromatic carbocycles. The number of aryl methyl sites for hydroxylation is 1. The summed E-state index contributed by atoms with van der Waals surface area (Å²) in [5.74, 6) is -0.345. The number of nitrogens with one attached hydrogen (secondary N) is 1. The maximum atomic E-state index is 12.7. The first-order valence-corrected chi connectivity index (χ1v) is 9.74. The van der Waals surface area contributed by atoms with Gasteiger partial charge in [-0.1, -0.05) is 15.9 Å². The second kappa shape index (κ2) is 8.60. The largest absolute Gasteiger partial charge is 0.467 e. The number of anilines is 1. The minimum Gasteiger partial charge on any atom is -0.467 e. The average molecular weight is 448 g/mol. The zero-order valence-corrected chi connectivity index (χ0v) is 17.4. The van der Waals surface area contributed by atoms with Crippen LogP contribution >= 0.6 is 15.9 Å². The first kappa shape index (κ1) is 20.1. The number of carbonyl (C=O) groups is 3. The highest BCUT2D eigenvalue weighted by Gasteiger charge is 2.36. The molecule has 8 heteroatoms. The van der Waals surface area contributed by atoms with Crippen LogP contribution in [0, 0.1) is 12.8 Å². The molecule has 1 atom stereocenters. The zero-order valence-electron chi connectivity index (χ0n) is 15.8. The normalized spacial score (nSPS) is 16.3. The van der Waals surface area contributed by atoms with Gasteiger partial charge in [0.05, 0.1) is 25.3 Å². The quantitative estimate of drug-likeness (QED) is 0.737. The first-order valence-electron chi connectivity index (χ1n) is 8.94. The van der Waals surface area contributed by atoms with Crippen LogP contribution in [0.15, 0.2) is 45.5 Å². The van der Waals surface area contributed by atoms with E-state index in [1.54, 1.807) is 36.4 Å². The number of rotatable bonds is 6. The van der Waals surface area contributed by atoms with Crippen molar-refractivity contribution in [2.24, 2.45) is 5.92 Å². The van der Waals surface area contributed by atoms with E-state index in [0.29, 0.717) is 24.5 Å². The molecule has 28 heavy (non-hydrogen) atoms. The molecule has 1 aliphatic rings. The zero-order chi connectivity index (χ0) is 20.3. The third-order valence-corrected chi connectivity index (χ3v) is 5.20. The Labute approximate surface area is 171 Å². The molecular weight excluding hydrogens is 426 g/mol. The molecule has 2 heterocycles. The third kappa shape index (κ3) is 4.81. The minimum absolute atomic E-state index is 0.0722. The fraction of sp³-hybridized carbons (Fsp3) is 0.350. The van der Waals surface area contributed by atoms with E-state index in [2.05, 4.69) is 21.2 Å². The number of benzene rings is 1. The van der Waals surface area contributed by atoms with E-state index in [0.717, 1.165) is 10.0 Å². The summed E-state index contributed by atoms with van der Waals surface area (Å²) in [6, 6.07) is 9.11. The lowest BCUT2D eigenvalue weighted by atomic mass is 10.1. The topological polar surface area (TPSA) is 82.9 Å². The number of amides is 3.